The van der Waals surface area contributed by atoms with E-state index in [0.717, 1.165) is 12.8 Å². The van der Waals surface area contributed by atoms with Gasteiger partial charge in [0.05, 0.1) is 12.9 Å². The molecule has 18 heavy (non-hydrogen) atoms. The van der Waals surface area contributed by atoms with Gasteiger partial charge in [-0.2, -0.15) is 0 Å². The summed E-state index contributed by atoms with van der Waals surface area (Å²) in [5.41, 5.74) is 0. The quantitative estimate of drug-likeness (QED) is 0.580. The highest BCUT2D eigenvalue weighted by Crippen LogP contribution is 2.02. The minimum Gasteiger partial charge on any atom is -0.383 e. The molecule has 0 rings (SSSR count). The van der Waals surface area contributed by atoms with E-state index in [-0.39, 0.29) is 18.9 Å². The molecular formula is C11H24N2O4S. The van der Waals surface area contributed by atoms with Crippen LogP contribution in [0.2, 0.25) is 0 Å². The fourth-order valence-electron chi connectivity index (χ4n) is 1.39. The van der Waals surface area contributed by atoms with Crippen molar-refractivity contribution in [2.75, 3.05) is 39.6 Å². The molecule has 7 heteroatoms. The van der Waals surface area contributed by atoms with Gasteiger partial charge in [0, 0.05) is 33.2 Å². The van der Waals surface area contributed by atoms with E-state index in [2.05, 4.69) is 5.32 Å². The van der Waals surface area contributed by atoms with E-state index < -0.39 is 10.0 Å². The molecular weight excluding hydrogens is 256 g/mol. The van der Waals surface area contributed by atoms with Crippen molar-refractivity contribution in [3.05, 3.63) is 0 Å². The highest BCUT2D eigenvalue weighted by Gasteiger charge is 2.16. The molecule has 1 N–H and O–H groups in total. The average Bonchev–Trinajstić information content (AvgIpc) is 2.27. The number of rotatable bonds is 10. The summed E-state index contributed by atoms with van der Waals surface area (Å²) in [4.78, 5) is 11.4. The predicted octanol–water partition coefficient (Wildman–Crippen LogP) is 0.201. The van der Waals surface area contributed by atoms with Crippen LogP contribution >= 0.6 is 0 Å². The Balaban J connectivity index is 4.06. The van der Waals surface area contributed by atoms with Gasteiger partial charge < -0.3 is 10.1 Å². The molecule has 0 aliphatic heterocycles. The maximum absolute atomic E-state index is 11.5. The maximum Gasteiger partial charge on any atom is 0.221 e. The molecule has 0 bridgehead atoms. The molecule has 108 valence electrons. The third-order valence-electron chi connectivity index (χ3n) is 2.45. The van der Waals surface area contributed by atoms with Gasteiger partial charge in [-0.15, -0.1) is 0 Å². The van der Waals surface area contributed by atoms with Gasteiger partial charge in [0.25, 0.3) is 0 Å². The number of nitrogens with one attached hydrogen (secondary N) is 1. The lowest BCUT2D eigenvalue weighted by Crippen LogP contribution is -2.36. The van der Waals surface area contributed by atoms with Gasteiger partial charge in [0.2, 0.25) is 15.9 Å². The Morgan fingerprint density at radius 2 is 2.00 bits per heavy atom. The number of amides is 1. The molecule has 0 saturated heterocycles. The summed E-state index contributed by atoms with van der Waals surface area (Å²) >= 11 is 0. The summed E-state index contributed by atoms with van der Waals surface area (Å²) in [6.45, 7) is 3.61. The number of carbonyl (C=O) groups excluding carboxylic acids is 1. The molecule has 0 spiro atoms. The van der Waals surface area contributed by atoms with Crippen LogP contribution in [0.25, 0.3) is 0 Å². The van der Waals surface area contributed by atoms with Crippen molar-refractivity contribution in [1.29, 1.82) is 0 Å². The monoisotopic (exact) mass is 280 g/mol. The zero-order chi connectivity index (χ0) is 14.0. The van der Waals surface area contributed by atoms with Gasteiger partial charge in [-0.1, -0.05) is 13.3 Å². The zero-order valence-electron chi connectivity index (χ0n) is 11.4. The highest BCUT2D eigenvalue weighted by atomic mass is 32.2. The van der Waals surface area contributed by atoms with E-state index in [9.17, 15) is 13.2 Å². The predicted molar refractivity (Wildman–Crippen MR) is 70.8 cm³/mol. The van der Waals surface area contributed by atoms with Gasteiger partial charge in [0.1, 0.15) is 0 Å². The topological polar surface area (TPSA) is 75.7 Å². The Morgan fingerprint density at radius 1 is 1.33 bits per heavy atom. The van der Waals surface area contributed by atoms with E-state index in [1.807, 2.05) is 6.92 Å². The molecule has 0 aromatic rings. The van der Waals surface area contributed by atoms with Crippen molar-refractivity contribution in [3.8, 4) is 0 Å². The first-order valence-electron chi connectivity index (χ1n) is 6.12. The van der Waals surface area contributed by atoms with E-state index >= 15 is 0 Å². The molecule has 0 saturated carbocycles. The van der Waals surface area contributed by atoms with E-state index in [0.29, 0.717) is 19.7 Å². The van der Waals surface area contributed by atoms with Crippen molar-refractivity contribution in [3.63, 3.8) is 0 Å². The number of hydrogen-bond donors (Lipinski definition) is 1. The van der Waals surface area contributed by atoms with Crippen LogP contribution in [-0.2, 0) is 19.6 Å². The Labute approximate surface area is 110 Å². The summed E-state index contributed by atoms with van der Waals surface area (Å²) < 4.78 is 29.1. The molecule has 0 fully saturated rings. The molecule has 0 atom stereocenters. The summed E-state index contributed by atoms with van der Waals surface area (Å²) in [6.07, 6.45) is 3.08. The molecule has 0 radical (unpaired) electrons. The molecule has 0 unspecified atom stereocenters. The second-order valence-corrected chi connectivity index (χ2v) is 6.09. The lowest BCUT2D eigenvalue weighted by atomic mass is 10.3. The molecule has 0 aromatic heterocycles. The molecule has 1 amide bonds. The number of hydrogen-bond acceptors (Lipinski definition) is 4. The van der Waals surface area contributed by atoms with Crippen molar-refractivity contribution in [2.45, 2.75) is 26.2 Å². The lowest BCUT2D eigenvalue weighted by Gasteiger charge is -2.19. The van der Waals surface area contributed by atoms with Crippen LogP contribution in [0.3, 0.4) is 0 Å². The van der Waals surface area contributed by atoms with Gasteiger partial charge in [-0.3, -0.25) is 4.79 Å². The molecule has 0 heterocycles. The molecule has 6 nitrogen and oxygen atoms in total. The maximum atomic E-state index is 11.5. The average molecular weight is 280 g/mol. The van der Waals surface area contributed by atoms with E-state index in [1.165, 1.54) is 10.6 Å². The summed E-state index contributed by atoms with van der Waals surface area (Å²) in [7, 11) is -1.67. The van der Waals surface area contributed by atoms with Gasteiger partial charge in [-0.25, -0.2) is 12.7 Å². The largest absolute Gasteiger partial charge is 0.383 e. The van der Waals surface area contributed by atoms with Crippen LogP contribution in [0.4, 0.5) is 0 Å². The van der Waals surface area contributed by atoms with Crippen molar-refractivity contribution in [2.24, 2.45) is 0 Å². The van der Waals surface area contributed by atoms with Gasteiger partial charge in [-0.05, 0) is 6.42 Å². The lowest BCUT2D eigenvalue weighted by molar-refractivity contribution is -0.121. The van der Waals surface area contributed by atoms with E-state index in [4.69, 9.17) is 4.74 Å². The number of methoxy groups -OCH3 is 1. The number of ether oxygens (including phenoxy) is 1. The first-order valence-corrected chi connectivity index (χ1v) is 7.97. The van der Waals surface area contributed by atoms with Crippen molar-refractivity contribution in [1.82, 2.24) is 9.62 Å². The molecule has 0 aromatic carbocycles. The Morgan fingerprint density at radius 3 is 2.50 bits per heavy atom. The van der Waals surface area contributed by atoms with Crippen LogP contribution in [-0.4, -0.2) is 58.2 Å². The van der Waals surface area contributed by atoms with Gasteiger partial charge >= 0.3 is 0 Å². The summed E-state index contributed by atoms with van der Waals surface area (Å²) in [6, 6.07) is 0. The first kappa shape index (κ1) is 17.3. The number of carbonyl (C=O) groups is 1. The van der Waals surface area contributed by atoms with Crippen molar-refractivity contribution >= 4 is 15.9 Å². The number of sulfonamides is 1. The minimum atomic E-state index is -3.23. The SMILES string of the molecule is CCCCN(CCC(=O)NCCOC)S(C)(=O)=O. The van der Waals surface area contributed by atoms with E-state index in [1.54, 1.807) is 7.11 Å². The molecule has 0 aliphatic rings. The summed E-state index contributed by atoms with van der Waals surface area (Å²) in [5, 5.41) is 2.66. The first-order chi connectivity index (χ1) is 8.41. The third-order valence-corrected chi connectivity index (χ3v) is 3.75. The Hall–Kier alpha value is -0.660. The standard InChI is InChI=1S/C11H24N2O4S/c1-4-5-8-13(18(3,15)16)9-6-11(14)12-7-10-17-2/h4-10H2,1-3H3,(H,12,14). The normalized spacial score (nSPS) is 11.8. The summed E-state index contributed by atoms with van der Waals surface area (Å²) in [5.74, 6) is -0.155. The van der Waals surface area contributed by atoms with Crippen molar-refractivity contribution < 1.29 is 17.9 Å². The van der Waals surface area contributed by atoms with Crippen LogP contribution < -0.4 is 5.32 Å². The third kappa shape index (κ3) is 8.43. The second-order valence-electron chi connectivity index (χ2n) is 4.11. The van der Waals surface area contributed by atoms with Gasteiger partial charge in [0.15, 0.2) is 0 Å². The Bertz CT molecular complexity index is 330. The fraction of sp³-hybridized carbons (Fsp3) is 0.909. The fourth-order valence-corrected chi connectivity index (χ4v) is 2.27. The Kier molecular flexibility index (Phi) is 8.95. The smallest absolute Gasteiger partial charge is 0.221 e. The van der Waals surface area contributed by atoms with Crippen LogP contribution in [0.15, 0.2) is 0 Å². The van der Waals surface area contributed by atoms with Crippen LogP contribution in [0, 0.1) is 0 Å². The number of nitrogens with zero attached hydrogens (tertiary/aromatic N) is 1. The molecule has 0 aliphatic carbocycles. The minimum absolute atomic E-state index is 0.155. The second kappa shape index (κ2) is 9.29. The number of unbranched alkanes of at least 4 members (excludes halogenated alkanes) is 1. The highest BCUT2D eigenvalue weighted by molar-refractivity contribution is 7.88. The van der Waals surface area contributed by atoms with Crippen LogP contribution in [0.5, 0.6) is 0 Å². The zero-order valence-corrected chi connectivity index (χ0v) is 12.3. The van der Waals surface area contributed by atoms with Crippen LogP contribution in [0.1, 0.15) is 26.2 Å².